The molecule has 0 spiro atoms. The van der Waals surface area contributed by atoms with Gasteiger partial charge in [-0.2, -0.15) is 0 Å². The van der Waals surface area contributed by atoms with Crippen molar-refractivity contribution in [2.45, 2.75) is 71.3 Å². The lowest BCUT2D eigenvalue weighted by molar-refractivity contribution is -0.214. The molecule has 2 unspecified atom stereocenters. The molecule has 0 aliphatic heterocycles. The van der Waals surface area contributed by atoms with E-state index in [1.807, 2.05) is 20.8 Å². The highest BCUT2D eigenvalue weighted by Crippen LogP contribution is 2.62. The van der Waals surface area contributed by atoms with Gasteiger partial charge in [0.15, 0.2) is 0 Å². The number of hydrogen-bond acceptors (Lipinski definition) is 3. The molecule has 114 valence electrons. The molecule has 0 aromatic carbocycles. The van der Waals surface area contributed by atoms with Crippen LogP contribution in [0.2, 0.25) is 0 Å². The summed E-state index contributed by atoms with van der Waals surface area (Å²) < 4.78 is 6.08. The Hall–Kier alpha value is -0.570. The molecule has 1 N–H and O–H groups in total. The first-order valence-electron chi connectivity index (χ1n) is 8.16. The summed E-state index contributed by atoms with van der Waals surface area (Å²) in [6.45, 7) is 6.24. The molecule has 3 heteroatoms. The number of aliphatic hydroxyl groups is 1. The molecule has 4 saturated carbocycles. The maximum atomic E-state index is 12.5. The fourth-order valence-electron chi connectivity index (χ4n) is 5.15. The molecule has 0 radical (unpaired) electrons. The Bertz CT molecular complexity index is 398. The van der Waals surface area contributed by atoms with E-state index in [4.69, 9.17) is 4.74 Å². The Morgan fingerprint density at radius 2 is 1.85 bits per heavy atom. The van der Waals surface area contributed by atoms with Crippen molar-refractivity contribution in [1.29, 1.82) is 0 Å². The SMILES string of the molecule is CCC(C)(C)C(=O)OC12CC3CC(CC(CO)(C3)C1)C2. The van der Waals surface area contributed by atoms with Gasteiger partial charge in [-0.3, -0.25) is 4.79 Å². The fraction of sp³-hybridized carbons (Fsp3) is 0.941. The maximum absolute atomic E-state index is 12.5. The average molecular weight is 280 g/mol. The Kier molecular flexibility index (Phi) is 3.20. The topological polar surface area (TPSA) is 46.5 Å². The smallest absolute Gasteiger partial charge is 0.312 e. The summed E-state index contributed by atoms with van der Waals surface area (Å²) in [5.41, 5.74) is -0.618. The second kappa shape index (κ2) is 4.46. The zero-order valence-electron chi connectivity index (χ0n) is 13.1. The van der Waals surface area contributed by atoms with Gasteiger partial charge in [-0.25, -0.2) is 0 Å². The molecule has 0 aromatic heterocycles. The monoisotopic (exact) mass is 280 g/mol. The van der Waals surface area contributed by atoms with Gasteiger partial charge >= 0.3 is 5.97 Å². The summed E-state index contributed by atoms with van der Waals surface area (Å²) in [6.07, 6.45) is 7.29. The normalized spacial score (nSPS) is 42.8. The molecule has 4 aliphatic carbocycles. The lowest BCUT2D eigenvalue weighted by Crippen LogP contribution is -2.59. The van der Waals surface area contributed by atoms with Crippen molar-refractivity contribution in [3.05, 3.63) is 0 Å². The quantitative estimate of drug-likeness (QED) is 0.804. The lowest BCUT2D eigenvalue weighted by atomic mass is 9.48. The number of esters is 1. The van der Waals surface area contributed by atoms with Crippen LogP contribution in [-0.4, -0.2) is 23.3 Å². The third-order valence-electron chi connectivity index (χ3n) is 6.21. The molecule has 3 nitrogen and oxygen atoms in total. The van der Waals surface area contributed by atoms with E-state index in [0.29, 0.717) is 11.8 Å². The summed E-state index contributed by atoms with van der Waals surface area (Å²) in [5.74, 6) is 1.26. The van der Waals surface area contributed by atoms with Crippen molar-refractivity contribution >= 4 is 5.97 Å². The Labute approximate surface area is 122 Å². The minimum atomic E-state index is -0.393. The maximum Gasteiger partial charge on any atom is 0.312 e. The Balaban J connectivity index is 1.81. The van der Waals surface area contributed by atoms with E-state index < -0.39 is 5.41 Å². The predicted molar refractivity (Wildman–Crippen MR) is 77.1 cm³/mol. The van der Waals surface area contributed by atoms with Gasteiger partial charge in [0.05, 0.1) is 5.41 Å². The average Bonchev–Trinajstić information content (AvgIpc) is 2.36. The summed E-state index contributed by atoms with van der Waals surface area (Å²) in [4.78, 5) is 12.5. The van der Waals surface area contributed by atoms with Crippen LogP contribution in [0.3, 0.4) is 0 Å². The minimum Gasteiger partial charge on any atom is -0.459 e. The third-order valence-corrected chi connectivity index (χ3v) is 6.21. The van der Waals surface area contributed by atoms with Crippen molar-refractivity contribution < 1.29 is 14.6 Å². The molecule has 20 heavy (non-hydrogen) atoms. The Morgan fingerprint density at radius 1 is 1.25 bits per heavy atom. The molecule has 0 heterocycles. The van der Waals surface area contributed by atoms with Crippen LogP contribution in [0, 0.1) is 22.7 Å². The van der Waals surface area contributed by atoms with Crippen molar-refractivity contribution in [3.8, 4) is 0 Å². The van der Waals surface area contributed by atoms with Crippen molar-refractivity contribution in [3.63, 3.8) is 0 Å². The molecule has 4 aliphatic rings. The molecule has 4 rings (SSSR count). The molecule has 0 amide bonds. The van der Waals surface area contributed by atoms with E-state index in [0.717, 1.165) is 38.5 Å². The second-order valence-corrected chi connectivity index (χ2v) is 8.43. The van der Waals surface area contributed by atoms with Gasteiger partial charge in [0.25, 0.3) is 0 Å². The molecular formula is C17H28O3. The van der Waals surface area contributed by atoms with Crippen LogP contribution in [0.25, 0.3) is 0 Å². The van der Waals surface area contributed by atoms with E-state index >= 15 is 0 Å². The highest BCUT2D eigenvalue weighted by atomic mass is 16.6. The van der Waals surface area contributed by atoms with Crippen LogP contribution < -0.4 is 0 Å². The van der Waals surface area contributed by atoms with Gasteiger partial charge in [-0.05, 0) is 76.0 Å². The lowest BCUT2D eigenvalue weighted by Gasteiger charge is -2.61. The van der Waals surface area contributed by atoms with Crippen LogP contribution in [0.15, 0.2) is 0 Å². The summed E-state index contributed by atoms with van der Waals surface area (Å²) in [5, 5.41) is 9.85. The predicted octanol–water partition coefficient (Wildman–Crippen LogP) is 3.30. The van der Waals surface area contributed by atoms with Crippen LogP contribution in [0.1, 0.15) is 65.7 Å². The van der Waals surface area contributed by atoms with Crippen molar-refractivity contribution in [1.82, 2.24) is 0 Å². The molecular weight excluding hydrogens is 252 g/mol. The zero-order chi connectivity index (χ0) is 14.6. The van der Waals surface area contributed by atoms with Crippen LogP contribution in [0.4, 0.5) is 0 Å². The molecule has 4 bridgehead atoms. The highest BCUT2D eigenvalue weighted by molar-refractivity contribution is 5.76. The Morgan fingerprint density at radius 3 is 2.35 bits per heavy atom. The van der Waals surface area contributed by atoms with E-state index in [1.54, 1.807) is 0 Å². The summed E-state index contributed by atoms with van der Waals surface area (Å²) in [6, 6.07) is 0. The first-order chi connectivity index (χ1) is 9.32. The van der Waals surface area contributed by atoms with Gasteiger partial charge in [0.2, 0.25) is 0 Å². The number of hydrogen-bond donors (Lipinski definition) is 1. The summed E-state index contributed by atoms with van der Waals surface area (Å²) in [7, 11) is 0. The largest absolute Gasteiger partial charge is 0.459 e. The number of rotatable bonds is 4. The van der Waals surface area contributed by atoms with E-state index in [9.17, 15) is 9.90 Å². The van der Waals surface area contributed by atoms with Crippen molar-refractivity contribution in [2.75, 3.05) is 6.61 Å². The van der Waals surface area contributed by atoms with E-state index in [1.165, 1.54) is 6.42 Å². The van der Waals surface area contributed by atoms with Gasteiger partial charge in [-0.15, -0.1) is 0 Å². The molecule has 0 saturated heterocycles. The van der Waals surface area contributed by atoms with Gasteiger partial charge in [0.1, 0.15) is 5.60 Å². The van der Waals surface area contributed by atoms with Crippen LogP contribution in [0.5, 0.6) is 0 Å². The summed E-state index contributed by atoms with van der Waals surface area (Å²) >= 11 is 0. The molecule has 4 fully saturated rings. The van der Waals surface area contributed by atoms with E-state index in [-0.39, 0.29) is 23.6 Å². The number of aliphatic hydroxyl groups excluding tert-OH is 1. The standard InChI is InChI=1S/C17H28O3/c1-4-15(2,3)14(19)20-17-8-12-5-13(9-17)7-16(6-12,10-17)11-18/h12-13,18H,4-11H2,1-3H3. The fourth-order valence-corrected chi connectivity index (χ4v) is 5.15. The minimum absolute atomic E-state index is 0.0424. The van der Waals surface area contributed by atoms with E-state index in [2.05, 4.69) is 0 Å². The molecule has 2 atom stereocenters. The number of carbonyl (C=O) groups excluding carboxylic acids is 1. The number of carbonyl (C=O) groups is 1. The van der Waals surface area contributed by atoms with Gasteiger partial charge in [-0.1, -0.05) is 6.92 Å². The van der Waals surface area contributed by atoms with Crippen molar-refractivity contribution in [2.24, 2.45) is 22.7 Å². The van der Waals surface area contributed by atoms with Crippen LogP contribution >= 0.6 is 0 Å². The second-order valence-electron chi connectivity index (χ2n) is 8.43. The number of ether oxygens (including phenoxy) is 1. The van der Waals surface area contributed by atoms with Crippen LogP contribution in [-0.2, 0) is 9.53 Å². The zero-order valence-corrected chi connectivity index (χ0v) is 13.1. The van der Waals surface area contributed by atoms with Gasteiger partial charge < -0.3 is 9.84 Å². The van der Waals surface area contributed by atoms with Gasteiger partial charge in [0, 0.05) is 6.61 Å². The first kappa shape index (κ1) is 14.4. The third kappa shape index (κ3) is 2.18. The highest BCUT2D eigenvalue weighted by Gasteiger charge is 2.59. The first-order valence-corrected chi connectivity index (χ1v) is 8.16. The molecule has 0 aromatic rings.